The summed E-state index contributed by atoms with van der Waals surface area (Å²) in [5.41, 5.74) is 1.29. The van der Waals surface area contributed by atoms with Crippen molar-refractivity contribution in [1.82, 2.24) is 0 Å². The molecule has 1 rings (SSSR count). The molecule has 0 radical (unpaired) electrons. The second-order valence-corrected chi connectivity index (χ2v) is 5.44. The van der Waals surface area contributed by atoms with Crippen LogP contribution in [0.25, 0.3) is 0 Å². The Morgan fingerprint density at radius 2 is 1.73 bits per heavy atom. The Morgan fingerprint density at radius 1 is 1.18 bits per heavy atom. The fraction of sp³-hybridized carbons (Fsp3) is 1.00. The summed E-state index contributed by atoms with van der Waals surface area (Å²) in [6.45, 7) is 9.44. The van der Waals surface area contributed by atoms with Gasteiger partial charge in [-0.05, 0) is 30.1 Å². The van der Waals surface area contributed by atoms with Crippen LogP contribution in [0.15, 0.2) is 0 Å². The minimum Gasteiger partial charge on any atom is -0.0649 e. The topological polar surface area (TPSA) is 0 Å². The Labute approximate surface area is 71.4 Å². The molecule has 0 bridgehead atoms. The molecule has 0 spiro atoms. The highest BCUT2D eigenvalue weighted by Crippen LogP contribution is 2.50. The van der Waals surface area contributed by atoms with Crippen molar-refractivity contribution < 1.29 is 0 Å². The number of hydrogen-bond acceptors (Lipinski definition) is 0. The average Bonchev–Trinajstić information content (AvgIpc) is 1.77. The van der Waals surface area contributed by atoms with Crippen LogP contribution in [0, 0.1) is 10.8 Å². The Kier molecular flexibility index (Phi) is 2.32. The molecule has 1 saturated carbocycles. The highest BCUT2D eigenvalue weighted by molar-refractivity contribution is 4.89. The van der Waals surface area contributed by atoms with Gasteiger partial charge in [-0.15, -0.1) is 0 Å². The van der Waals surface area contributed by atoms with E-state index in [0.717, 1.165) is 5.41 Å². The molecule has 0 amide bonds. The SMILES string of the molecule is CCC1(CC(C)(C)C)CCC1. The van der Waals surface area contributed by atoms with Crippen LogP contribution in [0.4, 0.5) is 0 Å². The van der Waals surface area contributed by atoms with Crippen LogP contribution in [-0.4, -0.2) is 0 Å². The number of rotatable bonds is 2. The van der Waals surface area contributed by atoms with Crippen molar-refractivity contribution in [3.05, 3.63) is 0 Å². The molecule has 0 nitrogen and oxygen atoms in total. The normalized spacial score (nSPS) is 22.9. The molecule has 0 N–H and O–H groups in total. The van der Waals surface area contributed by atoms with Crippen molar-refractivity contribution in [1.29, 1.82) is 0 Å². The van der Waals surface area contributed by atoms with E-state index in [1.165, 1.54) is 32.1 Å². The van der Waals surface area contributed by atoms with Gasteiger partial charge in [-0.25, -0.2) is 0 Å². The first kappa shape index (κ1) is 9.09. The number of hydrogen-bond donors (Lipinski definition) is 0. The lowest BCUT2D eigenvalue weighted by atomic mass is 9.60. The van der Waals surface area contributed by atoms with Gasteiger partial charge in [-0.2, -0.15) is 0 Å². The lowest BCUT2D eigenvalue weighted by Crippen LogP contribution is -2.32. The molecule has 0 atom stereocenters. The van der Waals surface area contributed by atoms with Crippen molar-refractivity contribution in [2.75, 3.05) is 0 Å². The van der Waals surface area contributed by atoms with Crippen LogP contribution in [0.2, 0.25) is 0 Å². The summed E-state index contributed by atoms with van der Waals surface area (Å²) >= 11 is 0. The summed E-state index contributed by atoms with van der Waals surface area (Å²) in [7, 11) is 0. The summed E-state index contributed by atoms with van der Waals surface area (Å²) in [6.07, 6.45) is 7.27. The molecule has 0 unspecified atom stereocenters. The van der Waals surface area contributed by atoms with Crippen LogP contribution in [0.5, 0.6) is 0 Å². The third-order valence-corrected chi connectivity index (χ3v) is 3.07. The zero-order valence-electron chi connectivity index (χ0n) is 8.54. The second kappa shape index (κ2) is 2.80. The molecule has 1 fully saturated rings. The van der Waals surface area contributed by atoms with Gasteiger partial charge in [-0.3, -0.25) is 0 Å². The van der Waals surface area contributed by atoms with E-state index in [-0.39, 0.29) is 0 Å². The zero-order chi connectivity index (χ0) is 8.54. The van der Waals surface area contributed by atoms with Gasteiger partial charge < -0.3 is 0 Å². The molecular weight excluding hydrogens is 132 g/mol. The minimum atomic E-state index is 0.538. The molecule has 1 aliphatic carbocycles. The maximum Gasteiger partial charge on any atom is -0.0295 e. The molecule has 0 heteroatoms. The molecular formula is C11H22. The first-order valence-electron chi connectivity index (χ1n) is 4.97. The van der Waals surface area contributed by atoms with E-state index >= 15 is 0 Å². The van der Waals surface area contributed by atoms with E-state index in [1.807, 2.05) is 0 Å². The van der Waals surface area contributed by atoms with Gasteiger partial charge in [0.15, 0.2) is 0 Å². The predicted octanol–water partition coefficient (Wildman–Crippen LogP) is 4.00. The van der Waals surface area contributed by atoms with Crippen LogP contribution in [-0.2, 0) is 0 Å². The van der Waals surface area contributed by atoms with Crippen LogP contribution in [0.3, 0.4) is 0 Å². The lowest BCUT2D eigenvalue weighted by molar-refractivity contribution is 0.0657. The van der Waals surface area contributed by atoms with Crippen molar-refractivity contribution >= 4 is 0 Å². The smallest absolute Gasteiger partial charge is 0.0295 e. The Balaban J connectivity index is 2.45. The summed E-state index contributed by atoms with van der Waals surface area (Å²) in [5.74, 6) is 0. The molecule has 0 heterocycles. The fourth-order valence-electron chi connectivity index (χ4n) is 2.46. The van der Waals surface area contributed by atoms with E-state index in [1.54, 1.807) is 0 Å². The predicted molar refractivity (Wildman–Crippen MR) is 50.6 cm³/mol. The molecule has 0 aliphatic heterocycles. The molecule has 0 aromatic rings. The third kappa shape index (κ3) is 2.21. The van der Waals surface area contributed by atoms with Crippen LogP contribution in [0.1, 0.15) is 59.8 Å². The molecule has 1 aliphatic rings. The summed E-state index contributed by atoms with van der Waals surface area (Å²) in [5, 5.41) is 0. The van der Waals surface area contributed by atoms with Gasteiger partial charge in [0, 0.05) is 0 Å². The first-order chi connectivity index (χ1) is 4.97. The first-order valence-corrected chi connectivity index (χ1v) is 4.97. The van der Waals surface area contributed by atoms with E-state index in [9.17, 15) is 0 Å². The van der Waals surface area contributed by atoms with Crippen molar-refractivity contribution in [3.8, 4) is 0 Å². The van der Waals surface area contributed by atoms with Gasteiger partial charge in [0.2, 0.25) is 0 Å². The Hall–Kier alpha value is 0. The molecule has 0 aromatic heterocycles. The summed E-state index contributed by atoms with van der Waals surface area (Å²) in [6, 6.07) is 0. The van der Waals surface area contributed by atoms with E-state index in [2.05, 4.69) is 27.7 Å². The van der Waals surface area contributed by atoms with E-state index in [4.69, 9.17) is 0 Å². The lowest BCUT2D eigenvalue weighted by Gasteiger charge is -2.45. The maximum atomic E-state index is 2.36. The van der Waals surface area contributed by atoms with Gasteiger partial charge in [0.1, 0.15) is 0 Å². The molecule has 11 heavy (non-hydrogen) atoms. The third-order valence-electron chi connectivity index (χ3n) is 3.07. The molecule has 66 valence electrons. The van der Waals surface area contributed by atoms with Crippen molar-refractivity contribution in [2.45, 2.75) is 59.8 Å². The molecule has 0 aromatic carbocycles. The standard InChI is InChI=1S/C11H22/c1-5-11(7-6-8-11)9-10(2,3)4/h5-9H2,1-4H3. The van der Waals surface area contributed by atoms with Gasteiger partial charge in [-0.1, -0.05) is 40.5 Å². The zero-order valence-corrected chi connectivity index (χ0v) is 8.54. The Morgan fingerprint density at radius 3 is 1.82 bits per heavy atom. The van der Waals surface area contributed by atoms with Crippen LogP contribution >= 0.6 is 0 Å². The van der Waals surface area contributed by atoms with Gasteiger partial charge in [0.05, 0.1) is 0 Å². The fourth-order valence-corrected chi connectivity index (χ4v) is 2.46. The quantitative estimate of drug-likeness (QED) is 0.564. The van der Waals surface area contributed by atoms with E-state index < -0.39 is 0 Å². The minimum absolute atomic E-state index is 0.538. The summed E-state index contributed by atoms with van der Waals surface area (Å²) < 4.78 is 0. The molecule has 0 saturated heterocycles. The van der Waals surface area contributed by atoms with Crippen molar-refractivity contribution in [2.24, 2.45) is 10.8 Å². The van der Waals surface area contributed by atoms with Gasteiger partial charge >= 0.3 is 0 Å². The average molecular weight is 154 g/mol. The largest absolute Gasteiger partial charge is 0.0649 e. The van der Waals surface area contributed by atoms with Crippen LogP contribution < -0.4 is 0 Å². The van der Waals surface area contributed by atoms with Crippen molar-refractivity contribution in [3.63, 3.8) is 0 Å². The monoisotopic (exact) mass is 154 g/mol. The highest BCUT2D eigenvalue weighted by atomic mass is 14.4. The highest BCUT2D eigenvalue weighted by Gasteiger charge is 2.37. The second-order valence-electron chi connectivity index (χ2n) is 5.44. The maximum absolute atomic E-state index is 2.36. The Bertz CT molecular complexity index is 118. The van der Waals surface area contributed by atoms with E-state index in [0.29, 0.717) is 5.41 Å². The van der Waals surface area contributed by atoms with Gasteiger partial charge in [0.25, 0.3) is 0 Å². The summed E-state index contributed by atoms with van der Waals surface area (Å²) in [4.78, 5) is 0.